The van der Waals surface area contributed by atoms with E-state index < -0.39 is 30.1 Å². The maximum absolute atomic E-state index is 12.5. The molecule has 0 saturated heterocycles. The molecule has 0 heterocycles. The lowest BCUT2D eigenvalue weighted by molar-refractivity contribution is -0.142. The molecule has 32 heavy (non-hydrogen) atoms. The third-order valence-corrected chi connectivity index (χ3v) is 5.90. The quantitative estimate of drug-likeness (QED) is 0.550. The summed E-state index contributed by atoms with van der Waals surface area (Å²) in [6.45, 7) is 5.65. The molecule has 0 saturated carbocycles. The van der Waals surface area contributed by atoms with Gasteiger partial charge in [-0.25, -0.2) is 9.59 Å². The second-order valence-electron chi connectivity index (χ2n) is 8.39. The second-order valence-corrected chi connectivity index (χ2v) is 8.39. The summed E-state index contributed by atoms with van der Waals surface area (Å²) in [4.78, 5) is 36.0. The average Bonchev–Trinajstić information content (AvgIpc) is 3.09. The third-order valence-electron chi connectivity index (χ3n) is 5.90. The van der Waals surface area contributed by atoms with E-state index in [1.54, 1.807) is 6.92 Å². The van der Waals surface area contributed by atoms with E-state index in [1.807, 2.05) is 38.1 Å². The lowest BCUT2D eigenvalue weighted by Gasteiger charge is -2.23. The Morgan fingerprint density at radius 3 is 2.03 bits per heavy atom. The van der Waals surface area contributed by atoms with Gasteiger partial charge in [0, 0.05) is 18.4 Å². The van der Waals surface area contributed by atoms with Crippen LogP contribution in [0.25, 0.3) is 11.1 Å². The van der Waals surface area contributed by atoms with E-state index in [2.05, 4.69) is 34.9 Å². The van der Waals surface area contributed by atoms with Gasteiger partial charge in [-0.2, -0.15) is 0 Å². The fourth-order valence-corrected chi connectivity index (χ4v) is 4.04. The van der Waals surface area contributed by atoms with E-state index in [4.69, 9.17) is 9.84 Å². The Hall–Kier alpha value is -3.35. The van der Waals surface area contributed by atoms with Crippen LogP contribution < -0.4 is 10.6 Å². The molecule has 7 heteroatoms. The first kappa shape index (κ1) is 23.3. The van der Waals surface area contributed by atoms with Crippen LogP contribution in [0.1, 0.15) is 50.7 Å². The van der Waals surface area contributed by atoms with Crippen LogP contribution in [0.5, 0.6) is 0 Å². The largest absolute Gasteiger partial charge is 0.480 e. The van der Waals surface area contributed by atoms with Gasteiger partial charge in [-0.1, -0.05) is 69.3 Å². The molecule has 1 aliphatic rings. The number of benzene rings is 2. The topological polar surface area (TPSA) is 105 Å². The highest BCUT2D eigenvalue weighted by Gasteiger charge is 2.30. The average molecular weight is 439 g/mol. The van der Waals surface area contributed by atoms with Crippen LogP contribution in [0.3, 0.4) is 0 Å². The lowest BCUT2D eigenvalue weighted by atomic mass is 9.98. The van der Waals surface area contributed by atoms with Crippen molar-refractivity contribution in [3.05, 3.63) is 59.7 Å². The summed E-state index contributed by atoms with van der Waals surface area (Å²) < 4.78 is 5.57. The monoisotopic (exact) mass is 438 g/mol. The highest BCUT2D eigenvalue weighted by molar-refractivity contribution is 5.84. The molecule has 2 amide bonds. The van der Waals surface area contributed by atoms with E-state index in [0.29, 0.717) is 0 Å². The zero-order chi connectivity index (χ0) is 23.3. The Kier molecular flexibility index (Phi) is 7.51. The molecule has 0 radical (unpaired) electrons. The van der Waals surface area contributed by atoms with Crippen LogP contribution in [0.4, 0.5) is 4.79 Å². The van der Waals surface area contributed by atoms with E-state index in [1.165, 1.54) is 0 Å². The number of carbonyl (C=O) groups is 3. The molecule has 0 aliphatic heterocycles. The van der Waals surface area contributed by atoms with Gasteiger partial charge in [0.15, 0.2) is 0 Å². The number of carboxylic acid groups (broad SMARTS) is 1. The van der Waals surface area contributed by atoms with Crippen LogP contribution in [-0.2, 0) is 14.3 Å². The van der Waals surface area contributed by atoms with Gasteiger partial charge in [-0.3, -0.25) is 4.79 Å². The first-order valence-corrected chi connectivity index (χ1v) is 11.0. The van der Waals surface area contributed by atoms with Crippen molar-refractivity contribution in [2.75, 3.05) is 6.61 Å². The van der Waals surface area contributed by atoms with Crippen LogP contribution in [0, 0.1) is 5.92 Å². The minimum Gasteiger partial charge on any atom is -0.480 e. The number of nitrogens with one attached hydrogen (secondary N) is 2. The van der Waals surface area contributed by atoms with Crippen LogP contribution in [0.15, 0.2) is 48.5 Å². The summed E-state index contributed by atoms with van der Waals surface area (Å²) in [5.41, 5.74) is 4.55. The number of rotatable bonds is 9. The van der Waals surface area contributed by atoms with Crippen LogP contribution >= 0.6 is 0 Å². The van der Waals surface area contributed by atoms with Crippen molar-refractivity contribution in [2.45, 2.75) is 51.6 Å². The molecule has 0 aromatic heterocycles. The fraction of sp³-hybridized carbons (Fsp3) is 0.400. The van der Waals surface area contributed by atoms with Crippen molar-refractivity contribution in [2.24, 2.45) is 5.92 Å². The van der Waals surface area contributed by atoms with Gasteiger partial charge in [0.05, 0.1) is 0 Å². The summed E-state index contributed by atoms with van der Waals surface area (Å²) in [5.74, 6) is -1.58. The zero-order valence-electron chi connectivity index (χ0n) is 18.6. The maximum atomic E-state index is 12.5. The predicted molar refractivity (Wildman–Crippen MR) is 121 cm³/mol. The summed E-state index contributed by atoms with van der Waals surface area (Å²) in [7, 11) is 0. The minimum atomic E-state index is -1.08. The maximum Gasteiger partial charge on any atom is 0.407 e. The standard InChI is InChI=1S/C25H30N2O5/c1-4-21(24(29)30)26-23(28)13-22(15(2)3)27-25(31)32-14-20-18-11-7-5-9-16(18)17-10-6-8-12-19(17)20/h5-12,15,20-22H,4,13-14H2,1-3H3,(H,26,28)(H,27,31)(H,29,30). The molecule has 3 N–H and O–H groups in total. The highest BCUT2D eigenvalue weighted by Crippen LogP contribution is 2.44. The van der Waals surface area contributed by atoms with Crippen molar-refractivity contribution >= 4 is 18.0 Å². The highest BCUT2D eigenvalue weighted by atomic mass is 16.5. The molecule has 2 atom stereocenters. The van der Waals surface area contributed by atoms with Gasteiger partial charge < -0.3 is 20.5 Å². The first-order chi connectivity index (χ1) is 15.3. The number of aliphatic carboxylic acids is 1. The van der Waals surface area contributed by atoms with Crippen molar-refractivity contribution < 1.29 is 24.2 Å². The molecular weight excluding hydrogens is 408 g/mol. The van der Waals surface area contributed by atoms with E-state index >= 15 is 0 Å². The second kappa shape index (κ2) is 10.3. The Morgan fingerprint density at radius 1 is 0.969 bits per heavy atom. The van der Waals surface area contributed by atoms with Crippen LogP contribution in [-0.4, -0.2) is 41.8 Å². The van der Waals surface area contributed by atoms with Gasteiger partial charge in [-0.15, -0.1) is 0 Å². The number of carboxylic acids is 1. The molecule has 170 valence electrons. The molecule has 2 unspecified atom stereocenters. The number of hydrogen-bond donors (Lipinski definition) is 3. The SMILES string of the molecule is CCC(NC(=O)CC(NC(=O)OCC1c2ccccc2-c2ccccc21)C(C)C)C(=O)O. The third kappa shape index (κ3) is 5.28. The number of hydrogen-bond acceptors (Lipinski definition) is 4. The van der Waals surface area contributed by atoms with Gasteiger partial charge in [0.25, 0.3) is 0 Å². The van der Waals surface area contributed by atoms with E-state index in [0.717, 1.165) is 22.3 Å². The van der Waals surface area contributed by atoms with Crippen LogP contribution in [0.2, 0.25) is 0 Å². The molecule has 0 bridgehead atoms. The summed E-state index contributed by atoms with van der Waals surface area (Å²) in [6, 6.07) is 14.8. The molecule has 2 aromatic rings. The summed E-state index contributed by atoms with van der Waals surface area (Å²) in [5, 5.41) is 14.4. The van der Waals surface area contributed by atoms with Crippen molar-refractivity contribution in [1.82, 2.24) is 10.6 Å². The molecule has 0 spiro atoms. The zero-order valence-corrected chi connectivity index (χ0v) is 18.6. The molecule has 2 aromatic carbocycles. The normalized spacial score (nSPS) is 14.2. The fourth-order valence-electron chi connectivity index (χ4n) is 4.04. The van der Waals surface area contributed by atoms with E-state index in [-0.39, 0.29) is 31.3 Å². The molecule has 3 rings (SSSR count). The number of alkyl carbamates (subject to hydrolysis) is 1. The lowest BCUT2D eigenvalue weighted by Crippen LogP contribution is -2.46. The van der Waals surface area contributed by atoms with Gasteiger partial charge in [0.1, 0.15) is 12.6 Å². The number of carbonyl (C=O) groups excluding carboxylic acids is 2. The molecule has 0 fully saturated rings. The molecule has 1 aliphatic carbocycles. The Bertz CT molecular complexity index is 942. The number of ether oxygens (including phenoxy) is 1. The molecule has 7 nitrogen and oxygen atoms in total. The predicted octanol–water partition coefficient (Wildman–Crippen LogP) is 3.92. The minimum absolute atomic E-state index is 0.0222. The summed E-state index contributed by atoms with van der Waals surface area (Å²) >= 11 is 0. The summed E-state index contributed by atoms with van der Waals surface area (Å²) in [6.07, 6.45) is -0.331. The number of amides is 2. The van der Waals surface area contributed by atoms with Crippen molar-refractivity contribution in [3.8, 4) is 11.1 Å². The van der Waals surface area contributed by atoms with Crippen molar-refractivity contribution in [3.63, 3.8) is 0 Å². The Balaban J connectivity index is 1.61. The smallest absolute Gasteiger partial charge is 0.407 e. The molecular formula is C25H30N2O5. The van der Waals surface area contributed by atoms with Gasteiger partial charge >= 0.3 is 12.1 Å². The Labute approximate surface area is 188 Å². The van der Waals surface area contributed by atoms with Crippen molar-refractivity contribution in [1.29, 1.82) is 0 Å². The van der Waals surface area contributed by atoms with E-state index in [9.17, 15) is 14.4 Å². The van der Waals surface area contributed by atoms with Gasteiger partial charge in [-0.05, 0) is 34.6 Å². The Morgan fingerprint density at radius 2 is 1.53 bits per heavy atom. The number of fused-ring (bicyclic) bond motifs is 3. The van der Waals surface area contributed by atoms with Gasteiger partial charge in [0.2, 0.25) is 5.91 Å². The first-order valence-electron chi connectivity index (χ1n) is 11.0.